The molecule has 1 aliphatic rings. The van der Waals surface area contributed by atoms with E-state index < -0.39 is 0 Å². The zero-order valence-electron chi connectivity index (χ0n) is 10.3. The number of aryl methyl sites for hydroxylation is 1. The fourth-order valence-electron chi connectivity index (χ4n) is 2.49. The van der Waals surface area contributed by atoms with Crippen molar-refractivity contribution in [2.75, 3.05) is 11.9 Å². The molecule has 2 N–H and O–H groups in total. The van der Waals surface area contributed by atoms with Crippen molar-refractivity contribution < 1.29 is 5.11 Å². The van der Waals surface area contributed by atoms with Crippen molar-refractivity contribution in [3.63, 3.8) is 0 Å². The summed E-state index contributed by atoms with van der Waals surface area (Å²) in [6.07, 6.45) is 3.31. The maximum absolute atomic E-state index is 9.27. The van der Waals surface area contributed by atoms with Crippen LogP contribution in [0.5, 0.6) is 5.75 Å². The van der Waals surface area contributed by atoms with Gasteiger partial charge in [-0.3, -0.25) is 0 Å². The summed E-state index contributed by atoms with van der Waals surface area (Å²) in [5, 5.41) is 12.7. The van der Waals surface area contributed by atoms with Crippen LogP contribution in [0.25, 0.3) is 0 Å². The highest BCUT2D eigenvalue weighted by atomic mass is 16.3. The van der Waals surface area contributed by atoms with Gasteiger partial charge in [0.15, 0.2) is 0 Å². The van der Waals surface area contributed by atoms with E-state index in [2.05, 4.69) is 23.5 Å². The molecule has 0 bridgehead atoms. The molecule has 0 spiro atoms. The molecule has 0 fully saturated rings. The summed E-state index contributed by atoms with van der Waals surface area (Å²) >= 11 is 0. The van der Waals surface area contributed by atoms with Gasteiger partial charge < -0.3 is 10.4 Å². The van der Waals surface area contributed by atoms with Crippen LogP contribution in [0.1, 0.15) is 23.1 Å². The van der Waals surface area contributed by atoms with Crippen molar-refractivity contribution in [1.82, 2.24) is 0 Å². The monoisotopic (exact) mass is 239 g/mol. The lowest BCUT2D eigenvalue weighted by atomic mass is 9.97. The van der Waals surface area contributed by atoms with Crippen LogP contribution in [0, 0.1) is 0 Å². The minimum absolute atomic E-state index is 0.327. The van der Waals surface area contributed by atoms with E-state index in [9.17, 15) is 5.11 Å². The highest BCUT2D eigenvalue weighted by Crippen LogP contribution is 2.24. The molecule has 0 atom stereocenters. The quantitative estimate of drug-likeness (QED) is 0.842. The van der Waals surface area contributed by atoms with Crippen molar-refractivity contribution in [3.8, 4) is 5.75 Å². The van der Waals surface area contributed by atoms with E-state index in [1.807, 2.05) is 12.1 Å². The number of nitrogens with one attached hydrogen (secondary N) is 1. The van der Waals surface area contributed by atoms with Crippen molar-refractivity contribution in [1.29, 1.82) is 0 Å². The SMILES string of the molecule is Oc1ccc(Cc2ccc3c(c2)CCCN3)cc1. The highest BCUT2D eigenvalue weighted by Gasteiger charge is 2.08. The van der Waals surface area contributed by atoms with Gasteiger partial charge in [0, 0.05) is 12.2 Å². The zero-order chi connectivity index (χ0) is 12.4. The molecular formula is C16H17NO. The fourth-order valence-corrected chi connectivity index (χ4v) is 2.49. The largest absolute Gasteiger partial charge is 0.508 e. The molecule has 0 saturated carbocycles. The van der Waals surface area contributed by atoms with E-state index in [-0.39, 0.29) is 0 Å². The van der Waals surface area contributed by atoms with Crippen molar-refractivity contribution in [2.45, 2.75) is 19.3 Å². The highest BCUT2D eigenvalue weighted by molar-refractivity contribution is 5.54. The Balaban J connectivity index is 1.82. The molecule has 0 saturated heterocycles. The van der Waals surface area contributed by atoms with Gasteiger partial charge in [0.2, 0.25) is 0 Å². The van der Waals surface area contributed by atoms with Crippen LogP contribution in [0.15, 0.2) is 42.5 Å². The Kier molecular flexibility index (Phi) is 2.93. The van der Waals surface area contributed by atoms with Crippen molar-refractivity contribution in [2.24, 2.45) is 0 Å². The summed E-state index contributed by atoms with van der Waals surface area (Å²) in [4.78, 5) is 0. The first-order chi connectivity index (χ1) is 8.81. The minimum Gasteiger partial charge on any atom is -0.508 e. The number of benzene rings is 2. The summed E-state index contributed by atoms with van der Waals surface area (Å²) in [6, 6.07) is 14.1. The van der Waals surface area contributed by atoms with Crippen LogP contribution < -0.4 is 5.32 Å². The first-order valence-corrected chi connectivity index (χ1v) is 6.45. The van der Waals surface area contributed by atoms with Crippen LogP contribution in [0.2, 0.25) is 0 Å². The Bertz CT molecular complexity index is 546. The average molecular weight is 239 g/mol. The van der Waals surface area contributed by atoms with Gasteiger partial charge in [0.25, 0.3) is 0 Å². The topological polar surface area (TPSA) is 32.3 Å². The van der Waals surface area contributed by atoms with Crippen molar-refractivity contribution >= 4 is 5.69 Å². The van der Waals surface area contributed by atoms with E-state index in [0.29, 0.717) is 5.75 Å². The Morgan fingerprint density at radius 1 is 1.00 bits per heavy atom. The van der Waals surface area contributed by atoms with Crippen LogP contribution in [-0.4, -0.2) is 11.7 Å². The molecule has 3 rings (SSSR count). The van der Waals surface area contributed by atoms with Gasteiger partial charge in [-0.1, -0.05) is 24.3 Å². The van der Waals surface area contributed by atoms with Crippen LogP contribution in [0.4, 0.5) is 5.69 Å². The van der Waals surface area contributed by atoms with Gasteiger partial charge in [-0.2, -0.15) is 0 Å². The van der Waals surface area contributed by atoms with Crippen molar-refractivity contribution in [3.05, 3.63) is 59.2 Å². The molecule has 2 aromatic carbocycles. The lowest BCUT2D eigenvalue weighted by molar-refractivity contribution is 0.475. The molecule has 1 aliphatic heterocycles. The molecule has 0 unspecified atom stereocenters. The maximum Gasteiger partial charge on any atom is 0.115 e. The third-order valence-electron chi connectivity index (χ3n) is 3.45. The number of hydrogen-bond acceptors (Lipinski definition) is 2. The standard InChI is InChI=1S/C16H17NO/c18-15-6-3-12(4-7-15)10-13-5-8-16-14(11-13)2-1-9-17-16/h3-8,11,17-18H,1-2,9-10H2. The summed E-state index contributed by atoms with van der Waals surface area (Å²) in [5.41, 5.74) is 5.29. The van der Waals surface area contributed by atoms with E-state index in [1.165, 1.54) is 35.2 Å². The molecule has 0 aliphatic carbocycles. The second kappa shape index (κ2) is 4.73. The van der Waals surface area contributed by atoms with E-state index in [0.717, 1.165) is 13.0 Å². The number of phenols is 1. The maximum atomic E-state index is 9.27. The Labute approximate surface area is 107 Å². The van der Waals surface area contributed by atoms with E-state index in [1.54, 1.807) is 12.1 Å². The molecule has 0 aromatic heterocycles. The molecule has 2 aromatic rings. The minimum atomic E-state index is 0.327. The van der Waals surface area contributed by atoms with Gasteiger partial charge in [0.1, 0.15) is 5.75 Å². The summed E-state index contributed by atoms with van der Waals surface area (Å²) < 4.78 is 0. The van der Waals surface area contributed by atoms with Crippen LogP contribution in [0.3, 0.4) is 0 Å². The summed E-state index contributed by atoms with van der Waals surface area (Å²) in [7, 11) is 0. The lowest BCUT2D eigenvalue weighted by Gasteiger charge is -2.18. The van der Waals surface area contributed by atoms with Gasteiger partial charge in [0.05, 0.1) is 0 Å². The van der Waals surface area contributed by atoms with E-state index in [4.69, 9.17) is 0 Å². The predicted octanol–water partition coefficient (Wildman–Crippen LogP) is 3.34. The van der Waals surface area contributed by atoms with Crippen LogP contribution >= 0.6 is 0 Å². The Morgan fingerprint density at radius 2 is 1.78 bits per heavy atom. The molecule has 0 amide bonds. The number of phenolic OH excluding ortho intramolecular Hbond substituents is 1. The Morgan fingerprint density at radius 3 is 2.61 bits per heavy atom. The molecule has 2 heteroatoms. The van der Waals surface area contributed by atoms with Gasteiger partial charge in [-0.25, -0.2) is 0 Å². The average Bonchev–Trinajstić information content (AvgIpc) is 2.41. The van der Waals surface area contributed by atoms with Gasteiger partial charge in [-0.15, -0.1) is 0 Å². The second-order valence-corrected chi connectivity index (χ2v) is 4.87. The molecule has 92 valence electrons. The molecule has 2 nitrogen and oxygen atoms in total. The first-order valence-electron chi connectivity index (χ1n) is 6.45. The second-order valence-electron chi connectivity index (χ2n) is 4.87. The molecule has 1 heterocycles. The van der Waals surface area contributed by atoms with E-state index >= 15 is 0 Å². The Hall–Kier alpha value is -1.96. The predicted molar refractivity (Wildman–Crippen MR) is 74.2 cm³/mol. The fraction of sp³-hybridized carbons (Fsp3) is 0.250. The summed E-state index contributed by atoms with van der Waals surface area (Å²) in [6.45, 7) is 1.09. The normalized spacial score (nSPS) is 13.8. The number of anilines is 1. The lowest BCUT2D eigenvalue weighted by Crippen LogP contribution is -2.11. The van der Waals surface area contributed by atoms with Crippen LogP contribution in [-0.2, 0) is 12.8 Å². The third kappa shape index (κ3) is 2.33. The molecular weight excluding hydrogens is 222 g/mol. The van der Waals surface area contributed by atoms with Gasteiger partial charge in [-0.05, 0) is 54.2 Å². The molecule has 18 heavy (non-hydrogen) atoms. The number of hydrogen-bond donors (Lipinski definition) is 2. The number of rotatable bonds is 2. The number of fused-ring (bicyclic) bond motifs is 1. The smallest absolute Gasteiger partial charge is 0.115 e. The first kappa shape index (κ1) is 11.1. The zero-order valence-corrected chi connectivity index (χ0v) is 10.3. The number of aromatic hydroxyl groups is 1. The third-order valence-corrected chi connectivity index (χ3v) is 3.45. The summed E-state index contributed by atoms with van der Waals surface area (Å²) in [5.74, 6) is 0.327. The van der Waals surface area contributed by atoms with Gasteiger partial charge >= 0.3 is 0 Å². The molecule has 0 radical (unpaired) electrons.